The summed E-state index contributed by atoms with van der Waals surface area (Å²) in [5.74, 6) is 1.48. The van der Waals surface area contributed by atoms with E-state index in [2.05, 4.69) is 71.1 Å². The Morgan fingerprint density at radius 2 is 1.74 bits per heavy atom. The number of nitrogens with one attached hydrogen (secondary N) is 1. The second kappa shape index (κ2) is 10.6. The molecule has 0 spiro atoms. The van der Waals surface area contributed by atoms with Gasteiger partial charge in [0.15, 0.2) is 22.1 Å². The quantitative estimate of drug-likeness (QED) is 0.189. The molecule has 2 aromatic heterocycles. The van der Waals surface area contributed by atoms with Crippen molar-refractivity contribution in [3.8, 4) is 11.1 Å². The molecule has 0 aliphatic heterocycles. The number of anilines is 1. The van der Waals surface area contributed by atoms with Gasteiger partial charge in [0.2, 0.25) is 0 Å². The molecule has 2 aromatic carbocycles. The van der Waals surface area contributed by atoms with Crippen LogP contribution in [0.2, 0.25) is 0 Å². The zero-order valence-electron chi connectivity index (χ0n) is 21.2. The average Bonchev–Trinajstić information content (AvgIpc) is 3.50. The van der Waals surface area contributed by atoms with Gasteiger partial charge in [-0.15, -0.1) is 5.10 Å². The fourth-order valence-electron chi connectivity index (χ4n) is 5.37. The van der Waals surface area contributed by atoms with Crippen LogP contribution in [0.3, 0.4) is 0 Å². The highest BCUT2D eigenvalue weighted by atomic mass is 32.2. The molecule has 0 radical (unpaired) electrons. The molecule has 6 atom stereocenters. The van der Waals surface area contributed by atoms with Crippen LogP contribution in [0.25, 0.3) is 22.3 Å². The fraction of sp³-hybridized carbons (Fsp3) is 0.429. The number of aliphatic hydroxyl groups excluding tert-OH is 3. The predicted molar refractivity (Wildman–Crippen MR) is 147 cm³/mol. The summed E-state index contributed by atoms with van der Waals surface area (Å²) in [6.45, 7) is 1.91. The van der Waals surface area contributed by atoms with E-state index in [0.717, 1.165) is 18.6 Å². The molecule has 0 saturated heterocycles. The van der Waals surface area contributed by atoms with Crippen LogP contribution in [0.4, 0.5) is 5.82 Å². The number of hydrogen-bond donors (Lipinski definition) is 4. The van der Waals surface area contributed by atoms with Crippen LogP contribution in [0.15, 0.2) is 59.8 Å². The first-order valence-electron chi connectivity index (χ1n) is 13.2. The number of benzene rings is 2. The molecule has 0 bridgehead atoms. The van der Waals surface area contributed by atoms with Crippen molar-refractivity contribution in [2.75, 3.05) is 17.7 Å². The lowest BCUT2D eigenvalue weighted by Crippen LogP contribution is -2.30. The second-order valence-electron chi connectivity index (χ2n) is 10.2. The van der Waals surface area contributed by atoms with Crippen molar-refractivity contribution >= 4 is 28.7 Å². The van der Waals surface area contributed by atoms with Gasteiger partial charge in [-0.2, -0.15) is 0 Å². The third-order valence-corrected chi connectivity index (χ3v) is 8.67. The molecule has 2 heterocycles. The molecule has 10 heteroatoms. The van der Waals surface area contributed by atoms with E-state index >= 15 is 0 Å². The first kappa shape index (κ1) is 25.2. The van der Waals surface area contributed by atoms with Gasteiger partial charge in [-0.1, -0.05) is 78.5 Å². The molecular formula is C28H32N6O3S. The van der Waals surface area contributed by atoms with E-state index in [0.29, 0.717) is 34.5 Å². The Hall–Kier alpha value is -3.05. The zero-order chi connectivity index (χ0) is 26.2. The Kier molecular flexibility index (Phi) is 7.05. The van der Waals surface area contributed by atoms with Crippen molar-refractivity contribution in [2.24, 2.45) is 5.92 Å². The van der Waals surface area contributed by atoms with E-state index in [1.54, 1.807) is 16.4 Å². The summed E-state index contributed by atoms with van der Waals surface area (Å²) in [5.41, 5.74) is 4.77. The highest BCUT2D eigenvalue weighted by Crippen LogP contribution is 2.44. The van der Waals surface area contributed by atoms with E-state index in [-0.39, 0.29) is 12.6 Å². The van der Waals surface area contributed by atoms with Crippen LogP contribution < -0.4 is 5.32 Å². The second-order valence-corrected chi connectivity index (χ2v) is 11.3. The molecular weight excluding hydrogens is 500 g/mol. The molecule has 2 aliphatic rings. The number of aliphatic hydroxyl groups is 3. The molecule has 6 unspecified atom stereocenters. The summed E-state index contributed by atoms with van der Waals surface area (Å²) in [6.07, 6.45) is 0.306. The Morgan fingerprint density at radius 1 is 0.974 bits per heavy atom. The van der Waals surface area contributed by atoms with Gasteiger partial charge >= 0.3 is 0 Å². The van der Waals surface area contributed by atoms with Crippen molar-refractivity contribution in [1.29, 1.82) is 0 Å². The number of hydrogen-bond acceptors (Lipinski definition) is 9. The predicted octanol–water partition coefficient (Wildman–Crippen LogP) is 3.63. The van der Waals surface area contributed by atoms with Crippen LogP contribution in [0, 0.1) is 5.92 Å². The maximum Gasteiger partial charge on any atom is 0.191 e. The third-order valence-electron chi connectivity index (χ3n) is 7.62. The molecule has 0 amide bonds. The number of thioether (sulfide) groups is 1. The van der Waals surface area contributed by atoms with E-state index in [1.165, 1.54) is 16.7 Å². The number of fused-ring (bicyclic) bond motifs is 1. The lowest BCUT2D eigenvalue weighted by atomic mass is 10.0. The van der Waals surface area contributed by atoms with Crippen LogP contribution in [-0.4, -0.2) is 70.9 Å². The first-order chi connectivity index (χ1) is 18.6. The van der Waals surface area contributed by atoms with Gasteiger partial charge in [0, 0.05) is 30.2 Å². The summed E-state index contributed by atoms with van der Waals surface area (Å²) in [5, 5.41) is 43.5. The number of aromatic nitrogens is 5. The maximum absolute atomic E-state index is 10.7. The first-order valence-corrected chi connectivity index (χ1v) is 14.2. The monoisotopic (exact) mass is 532 g/mol. The van der Waals surface area contributed by atoms with Gasteiger partial charge in [0.05, 0.1) is 12.1 Å². The van der Waals surface area contributed by atoms with E-state index < -0.39 is 24.2 Å². The Morgan fingerprint density at radius 3 is 2.45 bits per heavy atom. The van der Waals surface area contributed by atoms with Gasteiger partial charge in [0.25, 0.3) is 0 Å². The largest absolute Gasteiger partial charge is 0.396 e. The highest BCUT2D eigenvalue weighted by molar-refractivity contribution is 7.99. The SMILES string of the molecule is CCCSc1nc(NC2CC2c2ccc(-c3ccccc3)cc2)c2nnn(C3CC(CO)C(O)C3O)c2n1. The van der Waals surface area contributed by atoms with Gasteiger partial charge in [-0.25, -0.2) is 14.6 Å². The van der Waals surface area contributed by atoms with Gasteiger partial charge in [-0.05, 0) is 36.0 Å². The zero-order valence-corrected chi connectivity index (χ0v) is 22.0. The highest BCUT2D eigenvalue weighted by Gasteiger charge is 2.44. The number of nitrogens with zero attached hydrogens (tertiary/aromatic N) is 5. The summed E-state index contributed by atoms with van der Waals surface area (Å²) < 4.78 is 1.59. The van der Waals surface area contributed by atoms with E-state index in [9.17, 15) is 15.3 Å². The normalized spacial score (nSPS) is 26.6. The minimum absolute atomic E-state index is 0.198. The standard InChI is InChI=1S/C28H32N6O3S/c1-2-12-38-28-30-26(23-27(31-28)34(33-32-23)22-13-19(15-35)24(36)25(22)37)29-21-14-20(21)18-10-8-17(9-11-18)16-6-4-3-5-7-16/h3-11,19-22,24-25,35-37H,2,12-15H2,1H3,(H,29,30,31). The maximum atomic E-state index is 10.7. The van der Waals surface area contributed by atoms with Crippen LogP contribution in [-0.2, 0) is 0 Å². The van der Waals surface area contributed by atoms with E-state index in [4.69, 9.17) is 9.97 Å². The Balaban J connectivity index is 1.25. The van der Waals surface area contributed by atoms with Crippen LogP contribution in [0.5, 0.6) is 0 Å². The third kappa shape index (κ3) is 4.77. The summed E-state index contributed by atoms with van der Waals surface area (Å²) in [7, 11) is 0. The summed E-state index contributed by atoms with van der Waals surface area (Å²) in [4.78, 5) is 9.50. The number of rotatable bonds is 9. The lowest BCUT2D eigenvalue weighted by molar-refractivity contribution is -0.00512. The average molecular weight is 533 g/mol. The minimum Gasteiger partial charge on any atom is -0.396 e. The van der Waals surface area contributed by atoms with Crippen molar-refractivity contribution in [3.63, 3.8) is 0 Å². The summed E-state index contributed by atoms with van der Waals surface area (Å²) >= 11 is 1.57. The fourth-order valence-corrected chi connectivity index (χ4v) is 6.06. The smallest absolute Gasteiger partial charge is 0.191 e. The van der Waals surface area contributed by atoms with Gasteiger partial charge < -0.3 is 20.6 Å². The van der Waals surface area contributed by atoms with Gasteiger partial charge in [-0.3, -0.25) is 0 Å². The molecule has 2 saturated carbocycles. The van der Waals surface area contributed by atoms with Crippen molar-refractivity contribution < 1.29 is 15.3 Å². The Bertz CT molecular complexity index is 1400. The summed E-state index contributed by atoms with van der Waals surface area (Å²) in [6, 6.07) is 18.8. The van der Waals surface area contributed by atoms with Crippen molar-refractivity contribution in [1.82, 2.24) is 25.0 Å². The molecule has 9 nitrogen and oxygen atoms in total. The van der Waals surface area contributed by atoms with Gasteiger partial charge in [0.1, 0.15) is 6.10 Å². The molecule has 2 fully saturated rings. The minimum atomic E-state index is -1.05. The van der Waals surface area contributed by atoms with E-state index in [1.807, 2.05) is 6.07 Å². The molecule has 4 aromatic rings. The molecule has 4 N–H and O–H groups in total. The Labute approximate surface area is 225 Å². The molecule has 38 heavy (non-hydrogen) atoms. The molecule has 6 rings (SSSR count). The molecule has 2 aliphatic carbocycles. The molecule has 198 valence electrons. The van der Waals surface area contributed by atoms with Crippen molar-refractivity contribution in [2.45, 2.75) is 61.6 Å². The van der Waals surface area contributed by atoms with Crippen molar-refractivity contribution in [3.05, 3.63) is 60.2 Å². The van der Waals surface area contributed by atoms with Crippen LogP contribution >= 0.6 is 11.8 Å². The lowest BCUT2D eigenvalue weighted by Gasteiger charge is -2.17. The van der Waals surface area contributed by atoms with Crippen LogP contribution in [0.1, 0.15) is 43.7 Å². The topological polar surface area (TPSA) is 129 Å².